The molecule has 0 unspecified atom stereocenters. The minimum Gasteiger partial charge on any atom is -0.508 e. The van der Waals surface area contributed by atoms with Crippen LogP contribution in [0.2, 0.25) is 0 Å². The van der Waals surface area contributed by atoms with Crippen molar-refractivity contribution in [3.63, 3.8) is 0 Å². The molecular weight excluding hydrogens is 264 g/mol. The first-order valence-electron chi connectivity index (χ1n) is 7.05. The molecule has 0 saturated carbocycles. The summed E-state index contributed by atoms with van der Waals surface area (Å²) < 4.78 is 11.5. The van der Waals surface area contributed by atoms with E-state index in [0.29, 0.717) is 0 Å². The van der Waals surface area contributed by atoms with Crippen molar-refractivity contribution in [3.05, 3.63) is 41.0 Å². The number of benzene rings is 2. The molecule has 110 valence electrons. The molecule has 1 N–H and O–H groups in total. The number of rotatable bonds is 1. The fourth-order valence-corrected chi connectivity index (χ4v) is 2.93. The molecule has 3 rings (SSSR count). The maximum Gasteiger partial charge on any atom is 0.132 e. The average Bonchev–Trinajstić information content (AvgIpc) is 2.40. The Kier molecular flexibility index (Phi) is 2.90. The van der Waals surface area contributed by atoms with Gasteiger partial charge in [0.05, 0.1) is 7.11 Å². The molecule has 0 saturated heterocycles. The van der Waals surface area contributed by atoms with Crippen molar-refractivity contribution in [1.82, 2.24) is 0 Å². The summed E-state index contributed by atoms with van der Waals surface area (Å²) >= 11 is 0. The molecule has 1 aliphatic rings. The van der Waals surface area contributed by atoms with Gasteiger partial charge in [0.1, 0.15) is 22.8 Å². The number of hydrogen-bond donors (Lipinski definition) is 1. The third kappa shape index (κ3) is 2.04. The van der Waals surface area contributed by atoms with Gasteiger partial charge in [-0.25, -0.2) is 0 Å². The first kappa shape index (κ1) is 13.8. The largest absolute Gasteiger partial charge is 0.508 e. The van der Waals surface area contributed by atoms with Crippen LogP contribution in [0.5, 0.6) is 17.2 Å². The Morgan fingerprint density at radius 3 is 2.33 bits per heavy atom. The lowest BCUT2D eigenvalue weighted by Gasteiger charge is -2.35. The van der Waals surface area contributed by atoms with Gasteiger partial charge in [-0.2, -0.15) is 0 Å². The Morgan fingerprint density at radius 2 is 1.67 bits per heavy atom. The predicted octanol–water partition coefficient (Wildman–Crippen LogP) is 4.31. The van der Waals surface area contributed by atoms with E-state index in [1.54, 1.807) is 13.2 Å². The third-order valence-electron chi connectivity index (χ3n) is 4.14. The van der Waals surface area contributed by atoms with Crippen LogP contribution in [-0.2, 0) is 5.60 Å². The Labute approximate surface area is 125 Å². The SMILES string of the molecule is COc1cc2c(cc1C)-c1cc(C)c(O)cc1OC2(C)C. The Bertz CT molecular complexity index is 730. The maximum absolute atomic E-state index is 9.93. The van der Waals surface area contributed by atoms with E-state index in [9.17, 15) is 5.11 Å². The molecule has 1 aliphatic heterocycles. The van der Waals surface area contributed by atoms with Crippen LogP contribution in [0, 0.1) is 13.8 Å². The number of methoxy groups -OCH3 is 1. The fourth-order valence-electron chi connectivity index (χ4n) is 2.93. The van der Waals surface area contributed by atoms with Gasteiger partial charge in [-0.1, -0.05) is 0 Å². The number of ether oxygens (including phenoxy) is 2. The Balaban J connectivity index is 2.33. The predicted molar refractivity (Wildman–Crippen MR) is 83.2 cm³/mol. The lowest BCUT2D eigenvalue weighted by atomic mass is 9.84. The first-order valence-corrected chi connectivity index (χ1v) is 7.05. The number of hydrogen-bond acceptors (Lipinski definition) is 3. The molecule has 3 nitrogen and oxygen atoms in total. The van der Waals surface area contributed by atoms with Gasteiger partial charge in [-0.05, 0) is 62.6 Å². The van der Waals surface area contributed by atoms with Gasteiger partial charge in [0, 0.05) is 17.2 Å². The molecule has 2 aromatic rings. The molecule has 21 heavy (non-hydrogen) atoms. The van der Waals surface area contributed by atoms with E-state index in [1.807, 2.05) is 33.8 Å². The van der Waals surface area contributed by atoms with Gasteiger partial charge >= 0.3 is 0 Å². The van der Waals surface area contributed by atoms with E-state index in [2.05, 4.69) is 12.1 Å². The Hall–Kier alpha value is -2.16. The average molecular weight is 284 g/mol. The number of phenolic OH excluding ortho intramolecular Hbond substituents is 1. The van der Waals surface area contributed by atoms with Gasteiger partial charge in [0.25, 0.3) is 0 Å². The molecule has 0 radical (unpaired) electrons. The molecule has 0 atom stereocenters. The highest BCUT2D eigenvalue weighted by atomic mass is 16.5. The normalized spacial score (nSPS) is 14.9. The highest BCUT2D eigenvalue weighted by molar-refractivity contribution is 5.79. The Morgan fingerprint density at radius 1 is 1.00 bits per heavy atom. The van der Waals surface area contributed by atoms with Crippen molar-refractivity contribution in [3.8, 4) is 28.4 Å². The van der Waals surface area contributed by atoms with Crippen LogP contribution >= 0.6 is 0 Å². The molecular formula is C18H20O3. The zero-order chi connectivity index (χ0) is 15.4. The van der Waals surface area contributed by atoms with Crippen LogP contribution < -0.4 is 9.47 Å². The fraction of sp³-hybridized carbons (Fsp3) is 0.333. The minimum atomic E-state index is -0.467. The quantitative estimate of drug-likeness (QED) is 0.848. The van der Waals surface area contributed by atoms with E-state index in [-0.39, 0.29) is 5.75 Å². The summed E-state index contributed by atoms with van der Waals surface area (Å²) in [6, 6.07) is 7.86. The summed E-state index contributed by atoms with van der Waals surface area (Å²) in [4.78, 5) is 0. The van der Waals surface area contributed by atoms with E-state index < -0.39 is 5.60 Å². The van der Waals surface area contributed by atoms with Crippen molar-refractivity contribution in [2.75, 3.05) is 7.11 Å². The number of aryl methyl sites for hydroxylation is 2. The molecule has 0 aliphatic carbocycles. The molecule has 0 amide bonds. The second kappa shape index (κ2) is 4.42. The highest BCUT2D eigenvalue weighted by Crippen LogP contribution is 2.48. The van der Waals surface area contributed by atoms with E-state index in [4.69, 9.17) is 9.47 Å². The maximum atomic E-state index is 9.93. The zero-order valence-corrected chi connectivity index (χ0v) is 13.1. The summed E-state index contributed by atoms with van der Waals surface area (Å²) in [6.07, 6.45) is 0. The molecule has 0 spiro atoms. The second-order valence-electron chi connectivity index (χ2n) is 6.11. The summed E-state index contributed by atoms with van der Waals surface area (Å²) in [7, 11) is 1.68. The van der Waals surface area contributed by atoms with Crippen LogP contribution in [0.1, 0.15) is 30.5 Å². The van der Waals surface area contributed by atoms with Gasteiger partial charge in [-0.3, -0.25) is 0 Å². The van der Waals surface area contributed by atoms with Gasteiger partial charge in [-0.15, -0.1) is 0 Å². The summed E-state index contributed by atoms with van der Waals surface area (Å²) in [5.74, 6) is 1.85. The molecule has 0 fully saturated rings. The minimum absolute atomic E-state index is 0.262. The first-order chi connectivity index (χ1) is 9.83. The van der Waals surface area contributed by atoms with Crippen molar-refractivity contribution in [1.29, 1.82) is 0 Å². The number of aromatic hydroxyl groups is 1. The van der Waals surface area contributed by atoms with Crippen molar-refractivity contribution in [2.24, 2.45) is 0 Å². The van der Waals surface area contributed by atoms with Gasteiger partial charge in [0.2, 0.25) is 0 Å². The smallest absolute Gasteiger partial charge is 0.132 e. The second-order valence-corrected chi connectivity index (χ2v) is 6.11. The topological polar surface area (TPSA) is 38.7 Å². The van der Waals surface area contributed by atoms with E-state index in [1.165, 1.54) is 0 Å². The highest BCUT2D eigenvalue weighted by Gasteiger charge is 2.34. The summed E-state index contributed by atoms with van der Waals surface area (Å²) in [5, 5.41) is 9.93. The summed E-state index contributed by atoms with van der Waals surface area (Å²) in [5.41, 5.74) is 4.73. The van der Waals surface area contributed by atoms with Crippen molar-refractivity contribution in [2.45, 2.75) is 33.3 Å². The van der Waals surface area contributed by atoms with E-state index in [0.717, 1.165) is 39.3 Å². The molecule has 0 aromatic heterocycles. The standard InChI is InChI=1S/C18H20O3/c1-10-6-13-12-7-11(2)16(20-5)8-14(12)18(3,4)21-17(13)9-15(10)19/h6-9,19H,1-5H3. The molecule has 1 heterocycles. The third-order valence-corrected chi connectivity index (χ3v) is 4.14. The van der Waals surface area contributed by atoms with Crippen LogP contribution in [0.3, 0.4) is 0 Å². The van der Waals surface area contributed by atoms with Crippen LogP contribution in [-0.4, -0.2) is 12.2 Å². The number of fused-ring (bicyclic) bond motifs is 3. The van der Waals surface area contributed by atoms with Gasteiger partial charge in [0.15, 0.2) is 0 Å². The lowest BCUT2D eigenvalue weighted by Crippen LogP contribution is -2.29. The van der Waals surface area contributed by atoms with Crippen LogP contribution in [0.25, 0.3) is 11.1 Å². The van der Waals surface area contributed by atoms with Crippen LogP contribution in [0.4, 0.5) is 0 Å². The molecule has 3 heteroatoms. The van der Waals surface area contributed by atoms with Crippen molar-refractivity contribution < 1.29 is 14.6 Å². The molecule has 2 aromatic carbocycles. The lowest BCUT2D eigenvalue weighted by molar-refractivity contribution is 0.105. The van der Waals surface area contributed by atoms with Crippen molar-refractivity contribution >= 4 is 0 Å². The monoisotopic (exact) mass is 284 g/mol. The number of phenols is 1. The van der Waals surface area contributed by atoms with Crippen LogP contribution in [0.15, 0.2) is 24.3 Å². The molecule has 0 bridgehead atoms. The van der Waals surface area contributed by atoms with Gasteiger partial charge < -0.3 is 14.6 Å². The van der Waals surface area contributed by atoms with E-state index >= 15 is 0 Å². The zero-order valence-electron chi connectivity index (χ0n) is 13.1. The summed E-state index contributed by atoms with van der Waals surface area (Å²) in [6.45, 7) is 7.99.